The van der Waals surface area contributed by atoms with Crippen molar-refractivity contribution in [1.29, 1.82) is 0 Å². The van der Waals surface area contributed by atoms with Crippen LogP contribution in [-0.4, -0.2) is 26.8 Å². The smallest absolute Gasteiger partial charge is 0.273 e. The number of methoxy groups -OCH3 is 1. The van der Waals surface area contributed by atoms with Crippen LogP contribution in [0.1, 0.15) is 11.3 Å². The van der Waals surface area contributed by atoms with E-state index in [1.165, 1.54) is 17.8 Å². The molecule has 0 aliphatic rings. The minimum atomic E-state index is -0.369. The number of benzene rings is 2. The molecule has 152 valence electrons. The Morgan fingerprint density at radius 2 is 1.90 bits per heavy atom. The third-order valence-electron chi connectivity index (χ3n) is 4.50. The summed E-state index contributed by atoms with van der Waals surface area (Å²) in [6, 6.07) is 18.0. The van der Waals surface area contributed by atoms with Gasteiger partial charge in [-0.2, -0.15) is 0 Å². The lowest BCUT2D eigenvalue weighted by molar-refractivity contribution is -0.385. The van der Waals surface area contributed by atoms with Gasteiger partial charge in [-0.25, -0.2) is 0 Å². The van der Waals surface area contributed by atoms with E-state index >= 15 is 0 Å². The summed E-state index contributed by atoms with van der Waals surface area (Å²) < 4.78 is 12.7. The molecular formula is C21H18N4O4S. The molecule has 0 fully saturated rings. The first-order chi connectivity index (χ1) is 14.7. The second-order valence-electron chi connectivity index (χ2n) is 6.37. The molecule has 0 N–H and O–H groups in total. The summed E-state index contributed by atoms with van der Waals surface area (Å²) in [7, 11) is 1.62. The Labute approximate surface area is 176 Å². The average Bonchev–Trinajstić information content (AvgIpc) is 3.43. The van der Waals surface area contributed by atoms with E-state index < -0.39 is 0 Å². The topological polar surface area (TPSA) is 96.2 Å². The molecule has 4 rings (SSSR count). The van der Waals surface area contributed by atoms with E-state index in [2.05, 4.69) is 10.2 Å². The maximum Gasteiger partial charge on any atom is 0.273 e. The van der Waals surface area contributed by atoms with Crippen molar-refractivity contribution in [3.05, 3.63) is 88.4 Å². The Morgan fingerprint density at radius 3 is 2.60 bits per heavy atom. The highest BCUT2D eigenvalue weighted by Gasteiger charge is 2.18. The summed E-state index contributed by atoms with van der Waals surface area (Å²) in [5, 5.41) is 20.6. The number of aromatic nitrogens is 3. The molecule has 8 nitrogen and oxygen atoms in total. The van der Waals surface area contributed by atoms with Crippen molar-refractivity contribution in [3.63, 3.8) is 0 Å². The van der Waals surface area contributed by atoms with Crippen LogP contribution in [-0.2, 0) is 12.3 Å². The molecule has 30 heavy (non-hydrogen) atoms. The standard InChI is InChI=1S/C21H18N4O4S/c1-28-17-10-8-15(9-11-17)20-22-23-21(24(20)13-18-6-4-12-29-18)30-14-16-5-2-3-7-19(16)25(26)27/h2-12H,13-14H2,1H3. The number of ether oxygens (including phenoxy) is 1. The Bertz CT molecular complexity index is 1140. The zero-order valence-corrected chi connectivity index (χ0v) is 16.9. The Hall–Kier alpha value is -3.59. The van der Waals surface area contributed by atoms with Gasteiger partial charge in [0, 0.05) is 22.9 Å². The highest BCUT2D eigenvalue weighted by atomic mass is 32.2. The van der Waals surface area contributed by atoms with Crippen LogP contribution in [0.25, 0.3) is 11.4 Å². The SMILES string of the molecule is COc1ccc(-c2nnc(SCc3ccccc3[N+](=O)[O-])n2Cc2ccco2)cc1. The van der Waals surface area contributed by atoms with Crippen molar-refractivity contribution < 1.29 is 14.1 Å². The normalized spacial score (nSPS) is 10.8. The minimum absolute atomic E-state index is 0.0949. The van der Waals surface area contributed by atoms with Crippen molar-refractivity contribution in [1.82, 2.24) is 14.8 Å². The van der Waals surface area contributed by atoms with Crippen LogP contribution in [0.5, 0.6) is 5.75 Å². The lowest BCUT2D eigenvalue weighted by Crippen LogP contribution is -2.04. The molecule has 0 saturated heterocycles. The van der Waals surface area contributed by atoms with Gasteiger partial charge in [0.05, 0.1) is 24.8 Å². The Balaban J connectivity index is 1.65. The second-order valence-corrected chi connectivity index (χ2v) is 7.32. The zero-order valence-electron chi connectivity index (χ0n) is 16.1. The summed E-state index contributed by atoms with van der Waals surface area (Å²) >= 11 is 1.40. The fraction of sp³-hybridized carbons (Fsp3) is 0.143. The molecule has 0 bridgehead atoms. The number of para-hydroxylation sites is 1. The predicted octanol–water partition coefficient (Wildman–Crippen LogP) is 4.80. The van der Waals surface area contributed by atoms with Crippen molar-refractivity contribution >= 4 is 17.4 Å². The van der Waals surface area contributed by atoms with Crippen molar-refractivity contribution in [2.45, 2.75) is 17.5 Å². The van der Waals surface area contributed by atoms with Gasteiger partial charge in [-0.1, -0.05) is 30.0 Å². The van der Waals surface area contributed by atoms with Crippen LogP contribution in [0.3, 0.4) is 0 Å². The second kappa shape index (κ2) is 8.83. The maximum atomic E-state index is 11.3. The molecule has 0 unspecified atom stereocenters. The highest BCUT2D eigenvalue weighted by molar-refractivity contribution is 7.98. The van der Waals surface area contributed by atoms with Crippen LogP contribution in [0.4, 0.5) is 5.69 Å². The molecule has 9 heteroatoms. The van der Waals surface area contributed by atoms with Gasteiger partial charge in [0.15, 0.2) is 11.0 Å². The number of furan rings is 1. The largest absolute Gasteiger partial charge is 0.497 e. The summed E-state index contributed by atoms with van der Waals surface area (Å²) in [5.74, 6) is 2.59. The lowest BCUT2D eigenvalue weighted by Gasteiger charge is -2.09. The van der Waals surface area contributed by atoms with E-state index in [4.69, 9.17) is 9.15 Å². The first kappa shape index (κ1) is 19.7. The zero-order chi connectivity index (χ0) is 20.9. The summed E-state index contributed by atoms with van der Waals surface area (Å²) in [4.78, 5) is 10.9. The van der Waals surface area contributed by atoms with Gasteiger partial charge in [-0.15, -0.1) is 10.2 Å². The molecule has 2 aromatic carbocycles. The van der Waals surface area contributed by atoms with Gasteiger partial charge in [0.25, 0.3) is 5.69 Å². The van der Waals surface area contributed by atoms with Crippen LogP contribution >= 0.6 is 11.8 Å². The van der Waals surface area contributed by atoms with E-state index in [1.54, 1.807) is 31.6 Å². The number of nitro groups is 1. The molecule has 2 aromatic heterocycles. The average molecular weight is 422 g/mol. The number of thioether (sulfide) groups is 1. The predicted molar refractivity (Wildman–Crippen MR) is 112 cm³/mol. The number of nitro benzene ring substituents is 1. The molecule has 0 aliphatic carbocycles. The summed E-state index contributed by atoms with van der Waals surface area (Å²) in [6.07, 6.45) is 1.62. The molecule has 0 radical (unpaired) electrons. The van der Waals surface area contributed by atoms with E-state index in [1.807, 2.05) is 41.0 Å². The third-order valence-corrected chi connectivity index (χ3v) is 5.52. The monoisotopic (exact) mass is 422 g/mol. The molecule has 0 aliphatic heterocycles. The van der Waals surface area contributed by atoms with E-state index in [0.717, 1.165) is 17.1 Å². The van der Waals surface area contributed by atoms with Crippen LogP contribution in [0.2, 0.25) is 0 Å². The highest BCUT2D eigenvalue weighted by Crippen LogP contribution is 2.30. The Kier molecular flexibility index (Phi) is 5.80. The quantitative estimate of drug-likeness (QED) is 0.229. The van der Waals surface area contributed by atoms with E-state index in [9.17, 15) is 10.1 Å². The van der Waals surface area contributed by atoms with E-state index in [0.29, 0.717) is 28.8 Å². The third kappa shape index (κ3) is 4.20. The molecule has 0 spiro atoms. The van der Waals surface area contributed by atoms with Crippen LogP contribution in [0.15, 0.2) is 76.5 Å². The van der Waals surface area contributed by atoms with Gasteiger partial charge in [-0.05, 0) is 36.4 Å². The molecule has 0 atom stereocenters. The van der Waals surface area contributed by atoms with Crippen molar-refractivity contribution in [3.8, 4) is 17.1 Å². The number of hydrogen-bond acceptors (Lipinski definition) is 7. The minimum Gasteiger partial charge on any atom is -0.497 e. The maximum absolute atomic E-state index is 11.3. The molecular weight excluding hydrogens is 404 g/mol. The van der Waals surface area contributed by atoms with Crippen molar-refractivity contribution in [2.24, 2.45) is 0 Å². The summed E-state index contributed by atoms with van der Waals surface area (Å²) in [6.45, 7) is 0.445. The first-order valence-electron chi connectivity index (χ1n) is 9.11. The number of nitrogens with zero attached hydrogens (tertiary/aromatic N) is 4. The molecule has 0 saturated carbocycles. The number of rotatable bonds is 8. The van der Waals surface area contributed by atoms with E-state index in [-0.39, 0.29) is 10.6 Å². The van der Waals surface area contributed by atoms with Crippen molar-refractivity contribution in [2.75, 3.05) is 7.11 Å². The van der Waals surface area contributed by atoms with Gasteiger partial charge in [0.2, 0.25) is 0 Å². The molecule has 2 heterocycles. The van der Waals surface area contributed by atoms with Crippen LogP contribution in [0, 0.1) is 10.1 Å². The molecule has 4 aromatic rings. The summed E-state index contributed by atoms with van der Waals surface area (Å²) in [5.41, 5.74) is 1.61. The van der Waals surface area contributed by atoms with Crippen LogP contribution < -0.4 is 4.74 Å². The molecule has 0 amide bonds. The van der Waals surface area contributed by atoms with Gasteiger partial charge >= 0.3 is 0 Å². The van der Waals surface area contributed by atoms with Gasteiger partial charge in [-0.3, -0.25) is 14.7 Å². The first-order valence-corrected chi connectivity index (χ1v) is 10.1. The van der Waals surface area contributed by atoms with Gasteiger partial charge < -0.3 is 9.15 Å². The lowest BCUT2D eigenvalue weighted by atomic mass is 10.2. The number of hydrogen-bond donors (Lipinski definition) is 0. The van der Waals surface area contributed by atoms with Gasteiger partial charge in [0.1, 0.15) is 11.5 Å². The fourth-order valence-corrected chi connectivity index (χ4v) is 3.94. The Morgan fingerprint density at radius 1 is 1.10 bits per heavy atom. The fourth-order valence-electron chi connectivity index (χ4n) is 3.00.